The van der Waals surface area contributed by atoms with E-state index >= 15 is 0 Å². The largest absolute Gasteiger partial charge is 0.370 e. The monoisotopic (exact) mass is 255 g/mol. The molecule has 0 atom stereocenters. The first-order valence-electron chi connectivity index (χ1n) is 6.79. The van der Waals surface area contributed by atoms with Crippen LogP contribution in [0.2, 0.25) is 0 Å². The molecule has 0 amide bonds. The Kier molecular flexibility index (Phi) is 3.35. The van der Waals surface area contributed by atoms with Crippen molar-refractivity contribution < 1.29 is 0 Å². The van der Waals surface area contributed by atoms with Crippen LogP contribution in [0.25, 0.3) is 11.6 Å². The number of aryl methyl sites for hydroxylation is 1. The molecule has 2 heterocycles. The molecule has 19 heavy (non-hydrogen) atoms. The third kappa shape index (κ3) is 2.41. The zero-order valence-corrected chi connectivity index (χ0v) is 11.1. The lowest BCUT2D eigenvalue weighted by Crippen LogP contribution is -2.14. The highest BCUT2D eigenvalue weighted by Gasteiger charge is 2.18. The van der Waals surface area contributed by atoms with Gasteiger partial charge in [-0.3, -0.25) is 0 Å². The molecular formula is C14H17N5. The van der Waals surface area contributed by atoms with E-state index in [1.165, 1.54) is 18.4 Å². The van der Waals surface area contributed by atoms with Crippen LogP contribution in [-0.4, -0.2) is 26.5 Å². The molecule has 0 aliphatic heterocycles. The standard InChI is InChI=1S/C14H17N5/c1-2-15-12-10-6-3-4-7-11(10)18-14(19-12)13-16-8-5-9-17-13/h5,8-9H,2-4,6-7H2,1H3,(H,15,18,19). The Morgan fingerprint density at radius 1 is 1.05 bits per heavy atom. The summed E-state index contributed by atoms with van der Waals surface area (Å²) in [5.41, 5.74) is 2.42. The molecule has 1 aliphatic carbocycles. The smallest absolute Gasteiger partial charge is 0.199 e. The summed E-state index contributed by atoms with van der Waals surface area (Å²) in [5.74, 6) is 2.17. The SMILES string of the molecule is CCNc1nc(-c2ncccn2)nc2c1CCCC2. The van der Waals surface area contributed by atoms with E-state index in [4.69, 9.17) is 0 Å². The van der Waals surface area contributed by atoms with Crippen molar-refractivity contribution in [1.82, 2.24) is 19.9 Å². The van der Waals surface area contributed by atoms with E-state index in [9.17, 15) is 0 Å². The van der Waals surface area contributed by atoms with Gasteiger partial charge in [-0.2, -0.15) is 0 Å². The maximum absolute atomic E-state index is 4.65. The minimum Gasteiger partial charge on any atom is -0.370 e. The molecule has 3 rings (SSSR count). The molecule has 5 heteroatoms. The minimum absolute atomic E-state index is 0.593. The van der Waals surface area contributed by atoms with E-state index in [2.05, 4.69) is 32.2 Å². The molecule has 0 fully saturated rings. The molecule has 0 saturated heterocycles. The van der Waals surface area contributed by atoms with Crippen LogP contribution in [0.15, 0.2) is 18.5 Å². The first kappa shape index (κ1) is 12.0. The van der Waals surface area contributed by atoms with E-state index in [1.54, 1.807) is 18.5 Å². The van der Waals surface area contributed by atoms with Gasteiger partial charge in [0.2, 0.25) is 0 Å². The summed E-state index contributed by atoms with van der Waals surface area (Å²) in [5, 5.41) is 3.34. The van der Waals surface area contributed by atoms with Gasteiger partial charge in [-0.1, -0.05) is 0 Å². The van der Waals surface area contributed by atoms with Crippen LogP contribution in [0.1, 0.15) is 31.0 Å². The van der Waals surface area contributed by atoms with Gasteiger partial charge in [-0.15, -0.1) is 0 Å². The van der Waals surface area contributed by atoms with E-state index in [-0.39, 0.29) is 0 Å². The Labute approximate surface area is 112 Å². The Morgan fingerprint density at radius 3 is 2.63 bits per heavy atom. The summed E-state index contributed by atoms with van der Waals surface area (Å²) in [6, 6.07) is 1.80. The van der Waals surface area contributed by atoms with Crippen molar-refractivity contribution >= 4 is 5.82 Å². The number of aromatic nitrogens is 4. The molecule has 0 aromatic carbocycles. The van der Waals surface area contributed by atoms with Crippen molar-refractivity contribution in [2.75, 3.05) is 11.9 Å². The van der Waals surface area contributed by atoms with Crippen LogP contribution >= 0.6 is 0 Å². The Morgan fingerprint density at radius 2 is 1.84 bits per heavy atom. The van der Waals surface area contributed by atoms with Crippen molar-refractivity contribution in [2.45, 2.75) is 32.6 Å². The Bertz CT molecular complexity index is 568. The zero-order valence-electron chi connectivity index (χ0n) is 11.1. The number of anilines is 1. The van der Waals surface area contributed by atoms with Crippen LogP contribution in [0, 0.1) is 0 Å². The van der Waals surface area contributed by atoms with Crippen LogP contribution in [0.5, 0.6) is 0 Å². The number of fused-ring (bicyclic) bond motifs is 1. The lowest BCUT2D eigenvalue weighted by atomic mass is 9.96. The van der Waals surface area contributed by atoms with Gasteiger partial charge in [0.15, 0.2) is 11.6 Å². The molecule has 0 spiro atoms. The molecule has 0 bridgehead atoms. The number of hydrogen-bond acceptors (Lipinski definition) is 5. The zero-order chi connectivity index (χ0) is 13.1. The van der Waals surface area contributed by atoms with E-state index < -0.39 is 0 Å². The second-order valence-electron chi connectivity index (χ2n) is 4.63. The maximum atomic E-state index is 4.65. The Hall–Kier alpha value is -2.04. The van der Waals surface area contributed by atoms with Crippen molar-refractivity contribution in [2.24, 2.45) is 0 Å². The van der Waals surface area contributed by atoms with Crippen molar-refractivity contribution in [1.29, 1.82) is 0 Å². The second-order valence-corrected chi connectivity index (χ2v) is 4.63. The van der Waals surface area contributed by atoms with Crippen LogP contribution in [0.4, 0.5) is 5.82 Å². The molecule has 0 radical (unpaired) electrons. The third-order valence-electron chi connectivity index (χ3n) is 3.29. The molecule has 5 nitrogen and oxygen atoms in total. The van der Waals surface area contributed by atoms with Gasteiger partial charge in [0.25, 0.3) is 0 Å². The normalized spacial score (nSPS) is 13.9. The molecule has 0 saturated carbocycles. The van der Waals surface area contributed by atoms with Gasteiger partial charge >= 0.3 is 0 Å². The average Bonchev–Trinajstić information content (AvgIpc) is 2.48. The van der Waals surface area contributed by atoms with Gasteiger partial charge in [-0.05, 0) is 38.7 Å². The highest BCUT2D eigenvalue weighted by molar-refractivity contribution is 5.54. The fraction of sp³-hybridized carbons (Fsp3) is 0.429. The number of hydrogen-bond donors (Lipinski definition) is 1. The molecule has 2 aromatic rings. The number of nitrogens with zero attached hydrogens (tertiary/aromatic N) is 4. The summed E-state index contributed by atoms with van der Waals surface area (Å²) in [4.78, 5) is 17.7. The first-order chi connectivity index (χ1) is 9.38. The highest BCUT2D eigenvalue weighted by atomic mass is 15.1. The minimum atomic E-state index is 0.593. The molecule has 1 aliphatic rings. The maximum Gasteiger partial charge on any atom is 0.199 e. The lowest BCUT2D eigenvalue weighted by Gasteiger charge is -2.19. The van der Waals surface area contributed by atoms with Gasteiger partial charge in [0.1, 0.15) is 5.82 Å². The lowest BCUT2D eigenvalue weighted by molar-refractivity contribution is 0.664. The van der Waals surface area contributed by atoms with Gasteiger partial charge in [0, 0.05) is 30.2 Å². The number of nitrogens with one attached hydrogen (secondary N) is 1. The average molecular weight is 255 g/mol. The molecule has 2 aromatic heterocycles. The summed E-state index contributed by atoms with van der Waals surface area (Å²) in [6.07, 6.45) is 7.94. The van der Waals surface area contributed by atoms with Crippen LogP contribution in [0.3, 0.4) is 0 Å². The van der Waals surface area contributed by atoms with E-state index in [1.807, 2.05) is 0 Å². The molecule has 1 N–H and O–H groups in total. The number of rotatable bonds is 3. The van der Waals surface area contributed by atoms with Gasteiger partial charge in [0.05, 0.1) is 0 Å². The van der Waals surface area contributed by atoms with Crippen molar-refractivity contribution in [3.63, 3.8) is 0 Å². The fourth-order valence-electron chi connectivity index (χ4n) is 2.42. The summed E-state index contributed by atoms with van der Waals surface area (Å²) in [6.45, 7) is 2.94. The quantitative estimate of drug-likeness (QED) is 0.911. The predicted octanol–water partition coefficient (Wildman–Crippen LogP) is 2.24. The van der Waals surface area contributed by atoms with Gasteiger partial charge < -0.3 is 5.32 Å². The van der Waals surface area contributed by atoms with Crippen LogP contribution < -0.4 is 5.32 Å². The molecule has 98 valence electrons. The van der Waals surface area contributed by atoms with Crippen LogP contribution in [-0.2, 0) is 12.8 Å². The fourth-order valence-corrected chi connectivity index (χ4v) is 2.42. The summed E-state index contributed by atoms with van der Waals surface area (Å²) in [7, 11) is 0. The predicted molar refractivity (Wildman–Crippen MR) is 73.9 cm³/mol. The third-order valence-corrected chi connectivity index (χ3v) is 3.29. The van der Waals surface area contributed by atoms with Crippen molar-refractivity contribution in [3.8, 4) is 11.6 Å². The second kappa shape index (κ2) is 5.30. The topological polar surface area (TPSA) is 63.6 Å². The van der Waals surface area contributed by atoms with Crippen molar-refractivity contribution in [3.05, 3.63) is 29.7 Å². The molecule has 0 unspecified atom stereocenters. The highest BCUT2D eigenvalue weighted by Crippen LogP contribution is 2.27. The van der Waals surface area contributed by atoms with Gasteiger partial charge in [-0.25, -0.2) is 19.9 Å². The molecular weight excluding hydrogens is 238 g/mol. The summed E-state index contributed by atoms with van der Waals surface area (Å²) < 4.78 is 0. The van der Waals surface area contributed by atoms with E-state index in [0.29, 0.717) is 11.6 Å². The Balaban J connectivity index is 2.09. The van der Waals surface area contributed by atoms with E-state index in [0.717, 1.165) is 30.9 Å². The first-order valence-corrected chi connectivity index (χ1v) is 6.79. The summed E-state index contributed by atoms with van der Waals surface area (Å²) >= 11 is 0.